The predicted molar refractivity (Wildman–Crippen MR) is 75.9 cm³/mol. The maximum Gasteiger partial charge on any atom is 0.244 e. The molecule has 0 bridgehead atoms. The van der Waals surface area contributed by atoms with Crippen molar-refractivity contribution in [1.29, 1.82) is 0 Å². The van der Waals surface area contributed by atoms with Crippen molar-refractivity contribution in [3.63, 3.8) is 0 Å². The van der Waals surface area contributed by atoms with Gasteiger partial charge in [0.15, 0.2) is 0 Å². The van der Waals surface area contributed by atoms with Crippen LogP contribution in [0.2, 0.25) is 0 Å². The van der Waals surface area contributed by atoms with E-state index in [1.165, 1.54) is 4.90 Å². The first kappa shape index (κ1) is 15.5. The molecule has 0 aliphatic rings. The van der Waals surface area contributed by atoms with Crippen LogP contribution in [0.5, 0.6) is 0 Å². The van der Waals surface area contributed by atoms with Crippen LogP contribution in [-0.4, -0.2) is 37.4 Å². The highest BCUT2D eigenvalue weighted by Gasteiger charge is 2.23. The van der Waals surface area contributed by atoms with Crippen LogP contribution in [0.15, 0.2) is 30.3 Å². The standard InChI is InChI=1S/C14H19ClN2O2/c1-10(13(18)16-2)9-17(3)14(19)12(15)11-7-5-4-6-8-11/h4-8,10,12H,9H2,1-3H3,(H,16,18). The van der Waals surface area contributed by atoms with Crippen molar-refractivity contribution in [2.75, 3.05) is 20.6 Å². The van der Waals surface area contributed by atoms with Crippen molar-refractivity contribution in [2.45, 2.75) is 12.3 Å². The molecule has 0 heterocycles. The molecule has 0 aliphatic carbocycles. The number of carbonyl (C=O) groups excluding carboxylic acids is 2. The Balaban J connectivity index is 2.65. The zero-order valence-corrected chi connectivity index (χ0v) is 12.1. The number of halogens is 1. The third-order valence-electron chi connectivity index (χ3n) is 2.93. The Labute approximate surface area is 118 Å². The lowest BCUT2D eigenvalue weighted by atomic mass is 10.1. The molecule has 1 N–H and O–H groups in total. The average molecular weight is 283 g/mol. The van der Waals surface area contributed by atoms with E-state index < -0.39 is 5.38 Å². The van der Waals surface area contributed by atoms with Gasteiger partial charge in [0.25, 0.3) is 0 Å². The highest BCUT2D eigenvalue weighted by molar-refractivity contribution is 6.30. The van der Waals surface area contributed by atoms with Crippen molar-refractivity contribution in [1.82, 2.24) is 10.2 Å². The molecule has 2 unspecified atom stereocenters. The number of rotatable bonds is 5. The number of hydrogen-bond donors (Lipinski definition) is 1. The predicted octanol–water partition coefficient (Wildman–Crippen LogP) is 1.81. The fraction of sp³-hybridized carbons (Fsp3) is 0.429. The Kier molecular flexibility index (Phi) is 5.83. The zero-order chi connectivity index (χ0) is 14.4. The van der Waals surface area contributed by atoms with Gasteiger partial charge in [-0.3, -0.25) is 9.59 Å². The molecule has 0 aliphatic heterocycles. The third kappa shape index (κ3) is 4.24. The molecule has 5 heteroatoms. The van der Waals surface area contributed by atoms with Crippen LogP contribution in [0.25, 0.3) is 0 Å². The van der Waals surface area contributed by atoms with Crippen molar-refractivity contribution in [3.05, 3.63) is 35.9 Å². The molecule has 0 saturated carbocycles. The fourth-order valence-electron chi connectivity index (χ4n) is 1.79. The zero-order valence-electron chi connectivity index (χ0n) is 11.4. The van der Waals surface area contributed by atoms with Gasteiger partial charge >= 0.3 is 0 Å². The van der Waals surface area contributed by atoms with E-state index in [1.54, 1.807) is 21.0 Å². The van der Waals surface area contributed by atoms with Gasteiger partial charge in [0.1, 0.15) is 5.38 Å². The van der Waals surface area contributed by atoms with Crippen molar-refractivity contribution in [2.24, 2.45) is 5.92 Å². The van der Waals surface area contributed by atoms with E-state index >= 15 is 0 Å². The normalized spacial score (nSPS) is 13.5. The van der Waals surface area contributed by atoms with E-state index in [4.69, 9.17) is 11.6 Å². The lowest BCUT2D eigenvalue weighted by Crippen LogP contribution is -2.38. The lowest BCUT2D eigenvalue weighted by molar-refractivity contribution is -0.131. The number of amides is 2. The molecule has 104 valence electrons. The molecule has 0 aromatic heterocycles. The number of benzene rings is 1. The van der Waals surface area contributed by atoms with E-state index in [0.29, 0.717) is 6.54 Å². The second kappa shape index (κ2) is 7.14. The first-order chi connectivity index (χ1) is 8.97. The second-order valence-electron chi connectivity index (χ2n) is 4.51. The summed E-state index contributed by atoms with van der Waals surface area (Å²) in [5, 5.41) is 1.84. The summed E-state index contributed by atoms with van der Waals surface area (Å²) < 4.78 is 0. The minimum Gasteiger partial charge on any atom is -0.359 e. The highest BCUT2D eigenvalue weighted by Crippen LogP contribution is 2.22. The molecule has 2 amide bonds. The van der Waals surface area contributed by atoms with Gasteiger partial charge in [-0.1, -0.05) is 37.3 Å². The summed E-state index contributed by atoms with van der Waals surface area (Å²) in [6.07, 6.45) is 0. The molecule has 0 saturated heterocycles. The van der Waals surface area contributed by atoms with Crippen LogP contribution in [0, 0.1) is 5.92 Å². The molecule has 19 heavy (non-hydrogen) atoms. The molecule has 0 fully saturated rings. The summed E-state index contributed by atoms with van der Waals surface area (Å²) in [5.74, 6) is -0.562. The minimum atomic E-state index is -0.719. The molecule has 1 aromatic rings. The number of hydrogen-bond acceptors (Lipinski definition) is 2. The molecule has 1 aromatic carbocycles. The van der Waals surface area contributed by atoms with Gasteiger partial charge in [-0.25, -0.2) is 0 Å². The Hall–Kier alpha value is -1.55. The number of likely N-dealkylation sites (N-methyl/N-ethyl adjacent to an activating group) is 1. The Morgan fingerprint density at radius 3 is 2.42 bits per heavy atom. The smallest absolute Gasteiger partial charge is 0.244 e. The Morgan fingerprint density at radius 2 is 1.89 bits per heavy atom. The molecule has 4 nitrogen and oxygen atoms in total. The SMILES string of the molecule is CNC(=O)C(C)CN(C)C(=O)C(Cl)c1ccccc1. The largest absolute Gasteiger partial charge is 0.359 e. The van der Waals surface area contributed by atoms with Crippen LogP contribution in [-0.2, 0) is 9.59 Å². The number of nitrogens with zero attached hydrogens (tertiary/aromatic N) is 1. The van der Waals surface area contributed by atoms with Crippen LogP contribution in [0.4, 0.5) is 0 Å². The number of alkyl halides is 1. The first-order valence-corrected chi connectivity index (χ1v) is 6.56. The molecule has 0 radical (unpaired) electrons. The van der Waals surface area contributed by atoms with E-state index in [2.05, 4.69) is 5.32 Å². The first-order valence-electron chi connectivity index (χ1n) is 6.13. The molecule has 2 atom stereocenters. The summed E-state index contributed by atoms with van der Waals surface area (Å²) >= 11 is 6.16. The summed E-state index contributed by atoms with van der Waals surface area (Å²) in [5.41, 5.74) is 0.758. The van der Waals surface area contributed by atoms with Gasteiger partial charge < -0.3 is 10.2 Å². The van der Waals surface area contributed by atoms with Crippen LogP contribution in [0.1, 0.15) is 17.9 Å². The summed E-state index contributed by atoms with van der Waals surface area (Å²) in [7, 11) is 3.23. The Morgan fingerprint density at radius 1 is 1.32 bits per heavy atom. The van der Waals surface area contributed by atoms with E-state index in [9.17, 15) is 9.59 Å². The Bertz CT molecular complexity index is 436. The molecular formula is C14H19ClN2O2. The topological polar surface area (TPSA) is 49.4 Å². The third-order valence-corrected chi connectivity index (χ3v) is 3.37. The quantitative estimate of drug-likeness (QED) is 0.838. The minimum absolute atomic E-state index is 0.0921. The highest BCUT2D eigenvalue weighted by atomic mass is 35.5. The maximum absolute atomic E-state index is 12.2. The van der Waals surface area contributed by atoms with Gasteiger partial charge in [0.2, 0.25) is 11.8 Å². The van der Waals surface area contributed by atoms with Gasteiger partial charge in [0, 0.05) is 20.6 Å². The van der Waals surface area contributed by atoms with Gasteiger partial charge in [-0.15, -0.1) is 11.6 Å². The van der Waals surface area contributed by atoms with E-state index in [0.717, 1.165) is 5.56 Å². The van der Waals surface area contributed by atoms with Crippen LogP contribution in [0.3, 0.4) is 0 Å². The van der Waals surface area contributed by atoms with Crippen LogP contribution < -0.4 is 5.32 Å². The summed E-state index contributed by atoms with van der Waals surface area (Å²) in [6, 6.07) is 9.17. The van der Waals surface area contributed by atoms with Crippen molar-refractivity contribution >= 4 is 23.4 Å². The fourth-order valence-corrected chi connectivity index (χ4v) is 2.10. The lowest BCUT2D eigenvalue weighted by Gasteiger charge is -2.23. The van der Waals surface area contributed by atoms with Crippen molar-refractivity contribution < 1.29 is 9.59 Å². The second-order valence-corrected chi connectivity index (χ2v) is 4.94. The van der Waals surface area contributed by atoms with E-state index in [1.807, 2.05) is 30.3 Å². The maximum atomic E-state index is 12.2. The van der Waals surface area contributed by atoms with Gasteiger partial charge in [0.05, 0.1) is 5.92 Å². The molecule has 1 rings (SSSR count). The van der Waals surface area contributed by atoms with E-state index in [-0.39, 0.29) is 17.7 Å². The number of nitrogens with one attached hydrogen (secondary N) is 1. The summed E-state index contributed by atoms with van der Waals surface area (Å²) in [4.78, 5) is 25.1. The van der Waals surface area contributed by atoms with Crippen molar-refractivity contribution in [3.8, 4) is 0 Å². The molecular weight excluding hydrogens is 264 g/mol. The monoisotopic (exact) mass is 282 g/mol. The van der Waals surface area contributed by atoms with Gasteiger partial charge in [-0.05, 0) is 5.56 Å². The van der Waals surface area contributed by atoms with Crippen LogP contribution >= 0.6 is 11.6 Å². The number of carbonyl (C=O) groups is 2. The average Bonchev–Trinajstić information content (AvgIpc) is 2.45. The molecule has 0 spiro atoms. The van der Waals surface area contributed by atoms with Gasteiger partial charge in [-0.2, -0.15) is 0 Å². The summed E-state index contributed by atoms with van der Waals surface area (Å²) in [6.45, 7) is 2.11.